The summed E-state index contributed by atoms with van der Waals surface area (Å²) >= 11 is 0. The lowest BCUT2D eigenvalue weighted by atomic mass is 9.58. The van der Waals surface area contributed by atoms with Crippen molar-refractivity contribution in [2.24, 2.45) is 23.5 Å². The van der Waals surface area contributed by atoms with E-state index in [0.29, 0.717) is 11.3 Å². The molecule has 0 heterocycles. The average Bonchev–Trinajstić information content (AvgIpc) is 2.85. The van der Waals surface area contributed by atoms with Gasteiger partial charge in [-0.1, -0.05) is 13.8 Å². The average molecular weight is 573 g/mol. The fourth-order valence-electron chi connectivity index (χ4n) is 6.18. The zero-order valence-electron chi connectivity index (χ0n) is 23.8. The first kappa shape index (κ1) is 29.9. The summed E-state index contributed by atoms with van der Waals surface area (Å²) in [7, 11) is 6.57. The number of hydrogen-bond acceptors (Lipinski definition) is 11. The van der Waals surface area contributed by atoms with Gasteiger partial charge < -0.3 is 35.8 Å². The molecule has 4 rings (SSSR count). The van der Waals surface area contributed by atoms with Gasteiger partial charge in [0.1, 0.15) is 17.1 Å². The molecular formula is C28H36N4O9. The number of rotatable bonds is 6. The van der Waals surface area contributed by atoms with Crippen LogP contribution >= 0.6 is 0 Å². The van der Waals surface area contributed by atoms with Crippen molar-refractivity contribution in [2.45, 2.75) is 38.3 Å². The molecule has 0 spiro atoms. The number of ether oxygens (including phenoxy) is 1. The molecule has 0 bridgehead atoms. The smallest absolute Gasteiger partial charge is 0.411 e. The van der Waals surface area contributed by atoms with Crippen molar-refractivity contribution >= 4 is 34.9 Å². The Kier molecular flexibility index (Phi) is 7.56. The molecule has 1 aromatic carbocycles. The van der Waals surface area contributed by atoms with Crippen LogP contribution < -0.4 is 16.0 Å². The van der Waals surface area contributed by atoms with Crippen LogP contribution in [0.25, 0.3) is 0 Å². The Labute approximate surface area is 236 Å². The zero-order chi connectivity index (χ0) is 30.7. The topological polar surface area (TPSA) is 203 Å². The number of phenols is 1. The number of phenolic OH excluding ortho intramolecular Hbond substituents is 1. The highest BCUT2D eigenvalue weighted by molar-refractivity contribution is 6.25. The Hall–Kier alpha value is -4.10. The predicted molar refractivity (Wildman–Crippen MR) is 148 cm³/mol. The molecule has 0 radical (unpaired) electrons. The van der Waals surface area contributed by atoms with E-state index in [9.17, 15) is 39.6 Å². The molecule has 3 aliphatic rings. The highest BCUT2D eigenvalue weighted by atomic mass is 16.5. The van der Waals surface area contributed by atoms with Crippen molar-refractivity contribution in [1.82, 2.24) is 4.90 Å². The zero-order valence-corrected chi connectivity index (χ0v) is 23.8. The minimum atomic E-state index is -2.74. The number of aliphatic hydroxyl groups is 3. The van der Waals surface area contributed by atoms with Gasteiger partial charge in [-0.05, 0) is 50.4 Å². The minimum Gasteiger partial charge on any atom is -0.510 e. The quantitative estimate of drug-likeness (QED) is 0.212. The number of aromatic hydroxyl groups is 1. The number of primary amides is 1. The van der Waals surface area contributed by atoms with Gasteiger partial charge in [-0.2, -0.15) is 0 Å². The van der Waals surface area contributed by atoms with E-state index >= 15 is 0 Å². The Morgan fingerprint density at radius 3 is 2.34 bits per heavy atom. The summed E-state index contributed by atoms with van der Waals surface area (Å²) in [6.07, 6.45) is -0.751. The van der Waals surface area contributed by atoms with Gasteiger partial charge in [0, 0.05) is 31.3 Å². The summed E-state index contributed by atoms with van der Waals surface area (Å²) in [6, 6.07) is 0.428. The fraction of sp³-hybridized carbons (Fsp3) is 0.500. The van der Waals surface area contributed by atoms with Crippen LogP contribution in [0, 0.1) is 17.8 Å². The van der Waals surface area contributed by atoms with Crippen LogP contribution in [-0.2, 0) is 20.7 Å². The lowest BCUT2D eigenvalue weighted by Gasteiger charge is -2.50. The molecule has 41 heavy (non-hydrogen) atoms. The van der Waals surface area contributed by atoms with E-state index in [1.165, 1.54) is 11.0 Å². The molecule has 2 amide bonds. The normalized spacial score (nSPS) is 25.6. The Bertz CT molecular complexity index is 1410. The van der Waals surface area contributed by atoms with E-state index in [4.69, 9.17) is 10.5 Å². The first-order chi connectivity index (χ1) is 19.0. The lowest BCUT2D eigenvalue weighted by Crippen LogP contribution is -2.63. The number of likely N-dealkylation sites (N-methyl/N-ethyl adjacent to an activating group) is 1. The fourth-order valence-corrected chi connectivity index (χ4v) is 6.18. The number of nitrogens with one attached hydrogen (secondary N) is 1. The lowest BCUT2D eigenvalue weighted by molar-refractivity contribution is -0.148. The van der Waals surface area contributed by atoms with Gasteiger partial charge in [-0.15, -0.1) is 0 Å². The summed E-state index contributed by atoms with van der Waals surface area (Å²) < 4.78 is 5.14. The summed E-state index contributed by atoms with van der Waals surface area (Å²) in [4.78, 5) is 55.1. The predicted octanol–water partition coefficient (Wildman–Crippen LogP) is 1.39. The molecule has 7 N–H and O–H groups in total. The molecule has 0 aliphatic heterocycles. The molecule has 1 aromatic rings. The van der Waals surface area contributed by atoms with Crippen molar-refractivity contribution < 1.29 is 44.3 Å². The van der Waals surface area contributed by atoms with Crippen LogP contribution in [0.2, 0.25) is 0 Å². The number of amides is 2. The van der Waals surface area contributed by atoms with E-state index in [2.05, 4.69) is 5.32 Å². The number of allylic oxidation sites excluding steroid dienone is 1. The number of carbonyl (C=O) groups excluding carboxylic acids is 4. The molecule has 13 heteroatoms. The monoisotopic (exact) mass is 572 g/mol. The third kappa shape index (κ3) is 4.58. The largest absolute Gasteiger partial charge is 0.510 e. The first-order valence-corrected chi connectivity index (χ1v) is 13.2. The summed E-state index contributed by atoms with van der Waals surface area (Å²) in [5.41, 5.74) is 2.09. The van der Waals surface area contributed by atoms with Crippen LogP contribution in [0.4, 0.5) is 16.2 Å². The number of fused-ring (bicyclic) bond motifs is 3. The number of carbonyl (C=O) groups is 4. The third-order valence-corrected chi connectivity index (χ3v) is 7.97. The van der Waals surface area contributed by atoms with Gasteiger partial charge in [0.05, 0.1) is 23.9 Å². The molecule has 3 aliphatic carbocycles. The Morgan fingerprint density at radius 1 is 1.17 bits per heavy atom. The second-order valence-corrected chi connectivity index (χ2v) is 11.6. The first-order valence-electron chi connectivity index (χ1n) is 13.2. The maximum Gasteiger partial charge on any atom is 0.411 e. The summed E-state index contributed by atoms with van der Waals surface area (Å²) in [5.74, 6) is -7.39. The number of benzene rings is 1. The van der Waals surface area contributed by atoms with Crippen LogP contribution in [-0.4, -0.2) is 95.3 Å². The highest BCUT2D eigenvalue weighted by Gasteiger charge is 2.63. The molecule has 222 valence electrons. The standard InChI is InChI=1S/C28H36N4O9/c1-11(2)10-41-27(39)30-15-9-16(31(3)4)13-7-12-8-14-20(32(5)6)23(35)19(26(29)38)25(37)28(14,40)24(36)17(12)22(34)18(13)21(15)33/h9,11-12,14,20,33,35-36,40H,7-8,10H2,1-6H3,(H2,29,38)(H,30,39)/t12-,14-,20?,28-/m1/s1. The molecule has 0 saturated heterocycles. The van der Waals surface area contributed by atoms with Crippen molar-refractivity contribution in [3.63, 3.8) is 0 Å². The number of nitrogens with two attached hydrogens (primary N) is 1. The van der Waals surface area contributed by atoms with Crippen LogP contribution in [0.15, 0.2) is 28.7 Å². The number of Topliss-reactive ketones (excluding diaryl/α,β-unsaturated/α-hetero) is 2. The number of hydrogen-bond donors (Lipinski definition) is 6. The van der Waals surface area contributed by atoms with E-state index in [0.717, 1.165) is 0 Å². The molecule has 1 unspecified atom stereocenters. The van der Waals surface area contributed by atoms with E-state index < -0.39 is 69.9 Å². The third-order valence-electron chi connectivity index (χ3n) is 7.97. The molecule has 0 fully saturated rings. The van der Waals surface area contributed by atoms with Gasteiger partial charge in [-0.3, -0.25) is 24.6 Å². The summed E-state index contributed by atoms with van der Waals surface area (Å²) in [5, 5.41) is 47.7. The second kappa shape index (κ2) is 10.4. The van der Waals surface area contributed by atoms with Gasteiger partial charge in [0.15, 0.2) is 17.1 Å². The Morgan fingerprint density at radius 2 is 1.80 bits per heavy atom. The second-order valence-electron chi connectivity index (χ2n) is 11.6. The maximum absolute atomic E-state index is 14.0. The highest BCUT2D eigenvalue weighted by Crippen LogP contribution is 2.53. The Balaban J connectivity index is 1.89. The maximum atomic E-state index is 14.0. The van der Waals surface area contributed by atoms with Gasteiger partial charge in [-0.25, -0.2) is 4.79 Å². The van der Waals surface area contributed by atoms with E-state index in [1.54, 1.807) is 33.1 Å². The van der Waals surface area contributed by atoms with Gasteiger partial charge >= 0.3 is 6.09 Å². The van der Waals surface area contributed by atoms with Gasteiger partial charge in [0.25, 0.3) is 5.91 Å². The van der Waals surface area contributed by atoms with Crippen molar-refractivity contribution in [3.05, 3.63) is 39.9 Å². The molecule has 0 saturated carbocycles. The minimum absolute atomic E-state index is 0.0269. The molecule has 13 nitrogen and oxygen atoms in total. The molecule has 0 aromatic heterocycles. The number of ketones is 2. The van der Waals surface area contributed by atoms with Gasteiger partial charge in [0.2, 0.25) is 5.78 Å². The number of nitrogens with zero attached hydrogens (tertiary/aromatic N) is 2. The van der Waals surface area contributed by atoms with Crippen LogP contribution in [0.5, 0.6) is 5.75 Å². The van der Waals surface area contributed by atoms with Crippen LogP contribution in [0.1, 0.15) is 36.2 Å². The van der Waals surface area contributed by atoms with Crippen molar-refractivity contribution in [2.75, 3.05) is 45.0 Å². The molecular weight excluding hydrogens is 536 g/mol. The summed E-state index contributed by atoms with van der Waals surface area (Å²) in [6.45, 7) is 3.83. The number of anilines is 2. The molecule has 4 atom stereocenters. The van der Waals surface area contributed by atoms with Crippen molar-refractivity contribution in [3.8, 4) is 5.75 Å². The van der Waals surface area contributed by atoms with E-state index in [-0.39, 0.29) is 42.2 Å². The van der Waals surface area contributed by atoms with Crippen LogP contribution in [0.3, 0.4) is 0 Å². The van der Waals surface area contributed by atoms with Crippen molar-refractivity contribution in [1.29, 1.82) is 0 Å². The number of aliphatic hydroxyl groups excluding tert-OH is 2. The van der Waals surface area contributed by atoms with E-state index in [1.807, 2.05) is 13.8 Å². The SMILES string of the molecule is CC(C)COC(=O)Nc1cc(N(C)C)c2c(c1O)C(=O)C1=C(O)[C@@]3(O)C(=O)C(C(N)=O)=C(O)C(N(C)C)[C@H]3C[C@H]1C2.